The summed E-state index contributed by atoms with van der Waals surface area (Å²) in [5.41, 5.74) is 2.57. The highest BCUT2D eigenvalue weighted by Crippen LogP contribution is 2.30. The normalized spacial score (nSPS) is 10.9. The maximum atomic E-state index is 12.5. The van der Waals surface area contributed by atoms with Gasteiger partial charge in [0.05, 0.1) is 13.7 Å². The predicted octanol–water partition coefficient (Wildman–Crippen LogP) is 4.87. The highest BCUT2D eigenvalue weighted by Gasteiger charge is 2.11. The molecule has 3 rings (SSSR count). The standard InChI is InChI=1S/C27H36N4O4/c1-19(2)7-6-14-35-25-16-22(9-11-24(25)34-5)29-27(33)28-17-20-8-10-23-21(15-20)12-13-31(23)18-26(32)30(3)4/h8-13,15-16,19H,6-7,14,17-18H2,1-5H3,(H2,28,29,33). The summed E-state index contributed by atoms with van der Waals surface area (Å²) >= 11 is 0. The Balaban J connectivity index is 1.56. The third kappa shape index (κ3) is 7.40. The molecular formula is C27H36N4O4. The van der Waals surface area contributed by atoms with Crippen molar-refractivity contribution in [2.45, 2.75) is 39.8 Å². The summed E-state index contributed by atoms with van der Waals surface area (Å²) in [6.45, 7) is 5.64. The largest absolute Gasteiger partial charge is 0.493 e. The fraction of sp³-hybridized carbons (Fsp3) is 0.407. The molecule has 0 aliphatic carbocycles. The predicted molar refractivity (Wildman–Crippen MR) is 139 cm³/mol. The minimum Gasteiger partial charge on any atom is -0.493 e. The van der Waals surface area contributed by atoms with Crippen LogP contribution in [0.3, 0.4) is 0 Å². The van der Waals surface area contributed by atoms with Gasteiger partial charge in [0.25, 0.3) is 0 Å². The van der Waals surface area contributed by atoms with Crippen LogP contribution in [0.4, 0.5) is 10.5 Å². The van der Waals surface area contributed by atoms with Crippen LogP contribution >= 0.6 is 0 Å². The second-order valence-corrected chi connectivity index (χ2v) is 9.18. The summed E-state index contributed by atoms with van der Waals surface area (Å²) in [5.74, 6) is 1.91. The Kier molecular flexibility index (Phi) is 9.00. The van der Waals surface area contributed by atoms with Crippen molar-refractivity contribution in [3.8, 4) is 11.5 Å². The maximum absolute atomic E-state index is 12.5. The number of hydrogen-bond acceptors (Lipinski definition) is 4. The lowest BCUT2D eigenvalue weighted by Gasteiger charge is -2.14. The molecule has 0 saturated heterocycles. The lowest BCUT2D eigenvalue weighted by atomic mass is 10.1. The fourth-order valence-electron chi connectivity index (χ4n) is 3.68. The average molecular weight is 481 g/mol. The molecule has 1 aromatic heterocycles. The maximum Gasteiger partial charge on any atom is 0.319 e. The third-order valence-electron chi connectivity index (χ3n) is 5.70. The number of nitrogens with zero attached hydrogens (tertiary/aromatic N) is 2. The van der Waals surface area contributed by atoms with Crippen LogP contribution in [0.2, 0.25) is 0 Å². The van der Waals surface area contributed by atoms with Gasteiger partial charge in [0.15, 0.2) is 11.5 Å². The first kappa shape index (κ1) is 25.9. The van der Waals surface area contributed by atoms with Crippen LogP contribution in [-0.2, 0) is 17.9 Å². The summed E-state index contributed by atoms with van der Waals surface area (Å²) in [6.07, 6.45) is 3.95. The zero-order chi connectivity index (χ0) is 25.4. The third-order valence-corrected chi connectivity index (χ3v) is 5.70. The van der Waals surface area contributed by atoms with E-state index in [1.807, 2.05) is 35.0 Å². The number of rotatable bonds is 11. The van der Waals surface area contributed by atoms with Gasteiger partial charge < -0.3 is 29.6 Å². The van der Waals surface area contributed by atoms with E-state index >= 15 is 0 Å². The Labute approximate surface area is 207 Å². The molecule has 0 unspecified atom stereocenters. The number of aromatic nitrogens is 1. The summed E-state index contributed by atoms with van der Waals surface area (Å²) < 4.78 is 13.2. The number of likely N-dealkylation sites (N-methyl/N-ethyl adjacent to an activating group) is 1. The van der Waals surface area contributed by atoms with Crippen molar-refractivity contribution >= 4 is 28.5 Å². The van der Waals surface area contributed by atoms with Gasteiger partial charge in [0.1, 0.15) is 6.54 Å². The summed E-state index contributed by atoms with van der Waals surface area (Å²) in [7, 11) is 5.09. The van der Waals surface area contributed by atoms with E-state index in [2.05, 4.69) is 24.5 Å². The number of anilines is 1. The zero-order valence-corrected chi connectivity index (χ0v) is 21.3. The molecule has 3 aromatic rings. The van der Waals surface area contributed by atoms with Gasteiger partial charge in [-0.3, -0.25) is 4.79 Å². The average Bonchev–Trinajstić information content (AvgIpc) is 3.22. The summed E-state index contributed by atoms with van der Waals surface area (Å²) in [5, 5.41) is 6.76. The van der Waals surface area contributed by atoms with Crippen LogP contribution in [-0.4, -0.2) is 49.2 Å². The molecule has 35 heavy (non-hydrogen) atoms. The van der Waals surface area contributed by atoms with E-state index in [0.29, 0.717) is 42.8 Å². The van der Waals surface area contributed by atoms with Crippen LogP contribution in [0.5, 0.6) is 11.5 Å². The van der Waals surface area contributed by atoms with Gasteiger partial charge >= 0.3 is 6.03 Å². The van der Waals surface area contributed by atoms with E-state index < -0.39 is 0 Å². The minimum absolute atomic E-state index is 0.0348. The van der Waals surface area contributed by atoms with E-state index in [9.17, 15) is 9.59 Å². The van der Waals surface area contributed by atoms with Crippen molar-refractivity contribution in [3.05, 3.63) is 54.2 Å². The van der Waals surface area contributed by atoms with E-state index in [1.165, 1.54) is 0 Å². The number of hydrogen-bond donors (Lipinski definition) is 2. The Morgan fingerprint density at radius 2 is 1.86 bits per heavy atom. The fourth-order valence-corrected chi connectivity index (χ4v) is 3.68. The van der Waals surface area contributed by atoms with Crippen LogP contribution in [0.25, 0.3) is 10.9 Å². The van der Waals surface area contributed by atoms with Gasteiger partial charge in [-0.25, -0.2) is 4.79 Å². The van der Waals surface area contributed by atoms with Crippen molar-refractivity contribution in [2.75, 3.05) is 33.1 Å². The number of fused-ring (bicyclic) bond motifs is 1. The Morgan fingerprint density at radius 1 is 1.06 bits per heavy atom. The van der Waals surface area contributed by atoms with Gasteiger partial charge in [-0.15, -0.1) is 0 Å². The number of benzene rings is 2. The molecule has 0 saturated carbocycles. The highest BCUT2D eigenvalue weighted by atomic mass is 16.5. The van der Waals surface area contributed by atoms with E-state index in [4.69, 9.17) is 9.47 Å². The number of methoxy groups -OCH3 is 1. The quantitative estimate of drug-likeness (QED) is 0.383. The number of carbonyl (C=O) groups is 2. The Morgan fingerprint density at radius 3 is 2.57 bits per heavy atom. The molecule has 188 valence electrons. The lowest BCUT2D eigenvalue weighted by Crippen LogP contribution is -2.28. The van der Waals surface area contributed by atoms with Gasteiger partial charge in [0.2, 0.25) is 5.91 Å². The second-order valence-electron chi connectivity index (χ2n) is 9.18. The number of nitrogens with one attached hydrogen (secondary N) is 2. The topological polar surface area (TPSA) is 84.8 Å². The molecule has 0 bridgehead atoms. The van der Waals surface area contributed by atoms with E-state index in [-0.39, 0.29) is 11.9 Å². The van der Waals surface area contributed by atoms with Crippen molar-refractivity contribution in [2.24, 2.45) is 5.92 Å². The molecule has 0 aliphatic heterocycles. The lowest BCUT2D eigenvalue weighted by molar-refractivity contribution is -0.129. The molecule has 2 N–H and O–H groups in total. The monoisotopic (exact) mass is 480 g/mol. The SMILES string of the molecule is COc1ccc(NC(=O)NCc2ccc3c(ccn3CC(=O)N(C)C)c2)cc1OCCCC(C)C. The molecule has 1 heterocycles. The smallest absolute Gasteiger partial charge is 0.319 e. The molecule has 0 fully saturated rings. The van der Waals surface area contributed by atoms with Crippen molar-refractivity contribution in [1.29, 1.82) is 0 Å². The molecule has 0 radical (unpaired) electrons. The van der Waals surface area contributed by atoms with Gasteiger partial charge in [-0.05, 0) is 60.0 Å². The summed E-state index contributed by atoms with van der Waals surface area (Å²) in [4.78, 5) is 26.1. The first-order valence-corrected chi connectivity index (χ1v) is 11.9. The number of amides is 3. The summed E-state index contributed by atoms with van der Waals surface area (Å²) in [6, 6.07) is 12.9. The van der Waals surface area contributed by atoms with Crippen molar-refractivity contribution < 1.29 is 19.1 Å². The van der Waals surface area contributed by atoms with Crippen molar-refractivity contribution in [3.63, 3.8) is 0 Å². The number of ether oxygens (including phenoxy) is 2. The zero-order valence-electron chi connectivity index (χ0n) is 21.3. The van der Waals surface area contributed by atoms with E-state index in [1.54, 1.807) is 44.3 Å². The number of urea groups is 1. The first-order chi connectivity index (χ1) is 16.8. The molecule has 0 atom stereocenters. The molecule has 3 amide bonds. The van der Waals surface area contributed by atoms with Crippen LogP contribution in [0, 0.1) is 5.92 Å². The molecule has 2 aromatic carbocycles. The molecular weight excluding hydrogens is 444 g/mol. The van der Waals surface area contributed by atoms with Gasteiger partial charge in [-0.2, -0.15) is 0 Å². The molecule has 0 spiro atoms. The Bertz CT molecular complexity index is 1150. The van der Waals surface area contributed by atoms with Crippen molar-refractivity contribution in [1.82, 2.24) is 14.8 Å². The molecule has 8 nitrogen and oxygen atoms in total. The molecule has 8 heteroatoms. The Hall–Kier alpha value is -3.68. The first-order valence-electron chi connectivity index (χ1n) is 11.9. The highest BCUT2D eigenvalue weighted by molar-refractivity contribution is 5.90. The number of carbonyl (C=O) groups excluding carboxylic acids is 2. The second kappa shape index (κ2) is 12.1. The minimum atomic E-state index is -0.310. The van der Waals surface area contributed by atoms with Gasteiger partial charge in [-0.1, -0.05) is 19.9 Å². The molecule has 0 aliphatic rings. The van der Waals surface area contributed by atoms with Crippen LogP contribution in [0.1, 0.15) is 32.3 Å². The van der Waals surface area contributed by atoms with Gasteiger partial charge in [0, 0.05) is 44.1 Å². The van der Waals surface area contributed by atoms with Crippen LogP contribution in [0.15, 0.2) is 48.7 Å². The van der Waals surface area contributed by atoms with Crippen LogP contribution < -0.4 is 20.1 Å². The van der Waals surface area contributed by atoms with E-state index in [0.717, 1.165) is 29.3 Å².